The third kappa shape index (κ3) is 2.40. The lowest BCUT2D eigenvalue weighted by atomic mass is 10.1. The van der Waals surface area contributed by atoms with Crippen LogP contribution in [-0.4, -0.2) is 25.4 Å². The zero-order chi connectivity index (χ0) is 15.9. The molecule has 1 aliphatic heterocycles. The highest BCUT2D eigenvalue weighted by Gasteiger charge is 2.30. The van der Waals surface area contributed by atoms with Crippen LogP contribution >= 0.6 is 0 Å². The van der Waals surface area contributed by atoms with E-state index < -0.39 is 29.3 Å². The number of fused-ring (bicyclic) bond motifs is 1. The van der Waals surface area contributed by atoms with Gasteiger partial charge in [-0.15, -0.1) is 0 Å². The summed E-state index contributed by atoms with van der Waals surface area (Å²) >= 11 is 0. The lowest BCUT2D eigenvalue weighted by Gasteiger charge is -2.19. The van der Waals surface area contributed by atoms with E-state index >= 15 is 0 Å². The minimum atomic E-state index is -1.07. The Bertz CT molecular complexity index is 797. The monoisotopic (exact) mass is 309 g/mol. The van der Waals surface area contributed by atoms with Crippen molar-refractivity contribution in [1.82, 2.24) is 14.3 Å². The van der Waals surface area contributed by atoms with Gasteiger partial charge < -0.3 is 5.11 Å². The van der Waals surface area contributed by atoms with Gasteiger partial charge in [-0.3, -0.25) is 4.57 Å². The lowest BCUT2D eigenvalue weighted by Crippen LogP contribution is -2.34. The lowest BCUT2D eigenvalue weighted by molar-refractivity contribution is -0.141. The second-order valence-electron chi connectivity index (χ2n) is 5.22. The molecule has 0 radical (unpaired) electrons. The molecule has 2 heterocycles. The first kappa shape index (κ1) is 14.4. The molecule has 22 heavy (non-hydrogen) atoms. The Morgan fingerprint density at radius 1 is 1.36 bits per heavy atom. The normalized spacial score (nSPS) is 17.3. The summed E-state index contributed by atoms with van der Waals surface area (Å²) in [6, 6.07) is 2.41. The molecular weight excluding hydrogens is 296 g/mol. The molecule has 1 N–H and O–H groups in total. The third-order valence-corrected chi connectivity index (χ3v) is 3.73. The van der Waals surface area contributed by atoms with E-state index in [-0.39, 0.29) is 6.54 Å². The summed E-state index contributed by atoms with van der Waals surface area (Å²) in [4.78, 5) is 23.5. The second-order valence-corrected chi connectivity index (χ2v) is 5.22. The number of nitrogens with zero attached hydrogens (tertiary/aromatic N) is 3. The van der Waals surface area contributed by atoms with Crippen molar-refractivity contribution in [2.75, 3.05) is 0 Å². The van der Waals surface area contributed by atoms with Crippen LogP contribution in [0, 0.1) is 11.6 Å². The smallest absolute Gasteiger partial charge is 0.347 e. The quantitative estimate of drug-likeness (QED) is 0.928. The molecule has 1 atom stereocenters. The number of hydrogen-bond donors (Lipinski definition) is 1. The summed E-state index contributed by atoms with van der Waals surface area (Å²) in [5.41, 5.74) is -0.171. The van der Waals surface area contributed by atoms with Crippen molar-refractivity contribution in [2.24, 2.45) is 0 Å². The number of rotatable bonds is 3. The van der Waals surface area contributed by atoms with Crippen molar-refractivity contribution in [2.45, 2.75) is 31.8 Å². The molecule has 0 amide bonds. The van der Waals surface area contributed by atoms with Crippen LogP contribution in [0.1, 0.15) is 30.3 Å². The predicted molar refractivity (Wildman–Crippen MR) is 71.6 cm³/mol. The molecule has 3 rings (SSSR count). The number of aliphatic carboxylic acids is 1. The summed E-state index contributed by atoms with van der Waals surface area (Å²) in [7, 11) is 0. The predicted octanol–water partition coefficient (Wildman–Crippen LogP) is 1.33. The minimum absolute atomic E-state index is 0.0393. The molecule has 0 bridgehead atoms. The Balaban J connectivity index is 1.97. The Labute approximate surface area is 123 Å². The third-order valence-electron chi connectivity index (χ3n) is 3.73. The van der Waals surface area contributed by atoms with Crippen molar-refractivity contribution in [3.05, 3.63) is 51.7 Å². The summed E-state index contributed by atoms with van der Waals surface area (Å²) in [6.45, 7) is -0.0393. The molecule has 1 aliphatic rings. The fraction of sp³-hybridized carbons (Fsp3) is 0.357. The molecule has 0 unspecified atom stereocenters. The SMILES string of the molecule is O=C(O)[C@H]1CCCc2nn(Cc3ccc(F)c(F)c3)c(=O)n21. The van der Waals surface area contributed by atoms with Crippen LogP contribution in [0.4, 0.5) is 8.78 Å². The summed E-state index contributed by atoms with van der Waals surface area (Å²) in [5.74, 6) is -2.63. The summed E-state index contributed by atoms with van der Waals surface area (Å²) < 4.78 is 28.4. The number of carboxylic acid groups (broad SMARTS) is 1. The maximum atomic E-state index is 13.2. The number of aryl methyl sites for hydroxylation is 1. The van der Waals surface area contributed by atoms with Gasteiger partial charge in [-0.1, -0.05) is 6.07 Å². The first-order chi connectivity index (χ1) is 10.5. The highest BCUT2D eigenvalue weighted by atomic mass is 19.2. The minimum Gasteiger partial charge on any atom is -0.480 e. The fourth-order valence-corrected chi connectivity index (χ4v) is 2.68. The van der Waals surface area contributed by atoms with Gasteiger partial charge in [0.05, 0.1) is 6.54 Å². The van der Waals surface area contributed by atoms with Crippen LogP contribution < -0.4 is 5.69 Å². The van der Waals surface area contributed by atoms with Gasteiger partial charge in [0.2, 0.25) is 0 Å². The molecule has 0 fully saturated rings. The number of aromatic nitrogens is 3. The van der Waals surface area contributed by atoms with Crippen molar-refractivity contribution >= 4 is 5.97 Å². The molecule has 8 heteroatoms. The standard InChI is InChI=1S/C14H13F2N3O3/c15-9-5-4-8(6-10(9)16)7-18-14(22)19-11(13(20)21)2-1-3-12(19)17-18/h4-6,11H,1-3,7H2,(H,20,21)/t11-/m1/s1. The average molecular weight is 309 g/mol. The van der Waals surface area contributed by atoms with Gasteiger partial charge in [-0.25, -0.2) is 23.1 Å². The van der Waals surface area contributed by atoms with Crippen LogP contribution in [0.2, 0.25) is 0 Å². The van der Waals surface area contributed by atoms with E-state index in [1.807, 2.05) is 0 Å². The molecule has 116 valence electrons. The van der Waals surface area contributed by atoms with Gasteiger partial charge in [0.25, 0.3) is 0 Å². The summed E-state index contributed by atoms with van der Waals surface area (Å²) in [6.07, 6.45) is 1.53. The van der Waals surface area contributed by atoms with Gasteiger partial charge >= 0.3 is 11.7 Å². The molecular formula is C14H13F2N3O3. The maximum Gasteiger partial charge on any atom is 0.347 e. The van der Waals surface area contributed by atoms with E-state index in [4.69, 9.17) is 0 Å². The fourth-order valence-electron chi connectivity index (χ4n) is 2.68. The van der Waals surface area contributed by atoms with Gasteiger partial charge in [-0.05, 0) is 30.5 Å². The van der Waals surface area contributed by atoms with E-state index in [0.717, 1.165) is 16.8 Å². The Hall–Kier alpha value is -2.51. The first-order valence-electron chi connectivity index (χ1n) is 6.82. The second kappa shape index (κ2) is 5.36. The van der Waals surface area contributed by atoms with E-state index in [2.05, 4.69) is 5.10 Å². The molecule has 0 spiro atoms. The van der Waals surface area contributed by atoms with Crippen LogP contribution in [0.15, 0.2) is 23.0 Å². The van der Waals surface area contributed by atoms with Crippen LogP contribution in [-0.2, 0) is 17.8 Å². The highest BCUT2D eigenvalue weighted by molar-refractivity contribution is 5.72. The number of carbonyl (C=O) groups is 1. The summed E-state index contributed by atoms with van der Waals surface area (Å²) in [5, 5.41) is 13.3. The van der Waals surface area contributed by atoms with Gasteiger partial charge in [-0.2, -0.15) is 5.10 Å². The van der Waals surface area contributed by atoms with Crippen LogP contribution in [0.25, 0.3) is 0 Å². The van der Waals surface area contributed by atoms with Crippen LogP contribution in [0.3, 0.4) is 0 Å². The zero-order valence-corrected chi connectivity index (χ0v) is 11.5. The van der Waals surface area contributed by atoms with Crippen LogP contribution in [0.5, 0.6) is 0 Å². The first-order valence-corrected chi connectivity index (χ1v) is 6.82. The highest BCUT2D eigenvalue weighted by Crippen LogP contribution is 2.22. The largest absolute Gasteiger partial charge is 0.480 e. The van der Waals surface area contributed by atoms with E-state index in [1.54, 1.807) is 0 Å². The molecule has 6 nitrogen and oxygen atoms in total. The number of hydrogen-bond acceptors (Lipinski definition) is 3. The van der Waals surface area contributed by atoms with Gasteiger partial charge in [0.1, 0.15) is 11.9 Å². The van der Waals surface area contributed by atoms with Gasteiger partial charge in [0, 0.05) is 6.42 Å². The van der Waals surface area contributed by atoms with Gasteiger partial charge in [0.15, 0.2) is 11.6 Å². The topological polar surface area (TPSA) is 77.1 Å². The van der Waals surface area contributed by atoms with Crippen molar-refractivity contribution in [3.8, 4) is 0 Å². The average Bonchev–Trinajstić information content (AvgIpc) is 2.79. The molecule has 1 aromatic carbocycles. The Morgan fingerprint density at radius 3 is 2.82 bits per heavy atom. The zero-order valence-electron chi connectivity index (χ0n) is 11.5. The number of benzene rings is 1. The van der Waals surface area contributed by atoms with Crippen molar-refractivity contribution < 1.29 is 18.7 Å². The number of carboxylic acids is 1. The Morgan fingerprint density at radius 2 is 2.14 bits per heavy atom. The van der Waals surface area contributed by atoms with Crippen molar-refractivity contribution in [3.63, 3.8) is 0 Å². The number of halogens is 2. The van der Waals surface area contributed by atoms with Crippen molar-refractivity contribution in [1.29, 1.82) is 0 Å². The molecule has 0 saturated heterocycles. The van der Waals surface area contributed by atoms with E-state index in [9.17, 15) is 23.5 Å². The molecule has 0 saturated carbocycles. The van der Waals surface area contributed by atoms with E-state index in [1.165, 1.54) is 10.6 Å². The molecule has 2 aromatic rings. The Kier molecular flexibility index (Phi) is 3.51. The molecule has 0 aliphatic carbocycles. The van der Waals surface area contributed by atoms with E-state index in [0.29, 0.717) is 30.7 Å². The molecule has 1 aromatic heterocycles. The maximum absolute atomic E-state index is 13.2.